The molecule has 180 valence electrons. The number of rotatable bonds is 4. The lowest BCUT2D eigenvalue weighted by Gasteiger charge is -2.31. The van der Waals surface area contributed by atoms with Crippen molar-refractivity contribution in [2.75, 3.05) is 33.9 Å². The number of carbonyl (C=O) groups is 1. The fourth-order valence-electron chi connectivity index (χ4n) is 4.90. The summed E-state index contributed by atoms with van der Waals surface area (Å²) in [6.45, 7) is 3.88. The quantitative estimate of drug-likeness (QED) is 0.445. The van der Waals surface area contributed by atoms with Crippen molar-refractivity contribution in [1.82, 2.24) is 0 Å². The van der Waals surface area contributed by atoms with Gasteiger partial charge >= 0.3 is 0 Å². The predicted molar refractivity (Wildman–Crippen MR) is 144 cm³/mol. The lowest BCUT2D eigenvalue weighted by molar-refractivity contribution is 0.102. The zero-order valence-corrected chi connectivity index (χ0v) is 20.0. The average molecular weight is 469 g/mol. The molecule has 2 aliphatic heterocycles. The molecule has 6 heteroatoms. The Bertz CT molecular complexity index is 1210. The van der Waals surface area contributed by atoms with Crippen molar-refractivity contribution in [2.24, 2.45) is 0 Å². The molecular formula is C29H32N4O2. The summed E-state index contributed by atoms with van der Waals surface area (Å²) < 4.78 is 0. The lowest BCUT2D eigenvalue weighted by atomic mass is 10.1. The molecule has 0 radical (unpaired) electrons. The van der Waals surface area contributed by atoms with Gasteiger partial charge in [-0.1, -0.05) is 12.2 Å². The van der Waals surface area contributed by atoms with Gasteiger partial charge in [0.25, 0.3) is 5.91 Å². The van der Waals surface area contributed by atoms with Crippen LogP contribution in [0.5, 0.6) is 0 Å². The Hall–Kier alpha value is -3.77. The second-order valence-corrected chi connectivity index (χ2v) is 9.44. The second kappa shape index (κ2) is 9.84. The van der Waals surface area contributed by atoms with Crippen LogP contribution in [-0.2, 0) is 0 Å². The number of fused-ring (bicyclic) bond motifs is 1. The van der Waals surface area contributed by atoms with E-state index in [9.17, 15) is 9.90 Å². The first-order valence-corrected chi connectivity index (χ1v) is 12.3. The maximum Gasteiger partial charge on any atom is 0.255 e. The van der Waals surface area contributed by atoms with Gasteiger partial charge in [0.2, 0.25) is 0 Å². The van der Waals surface area contributed by atoms with Gasteiger partial charge in [-0.15, -0.1) is 0 Å². The van der Waals surface area contributed by atoms with Gasteiger partial charge in [0.05, 0.1) is 6.10 Å². The van der Waals surface area contributed by atoms with Crippen LogP contribution in [0.15, 0.2) is 72.8 Å². The summed E-state index contributed by atoms with van der Waals surface area (Å²) in [5.41, 5.74) is 12.4. The molecule has 6 nitrogen and oxygen atoms in total. The number of piperidine rings is 1. The highest BCUT2D eigenvalue weighted by Crippen LogP contribution is 2.36. The first-order chi connectivity index (χ1) is 17.0. The first kappa shape index (κ1) is 23.0. The Labute approximate surface area is 206 Å². The molecule has 2 aliphatic rings. The minimum absolute atomic E-state index is 0.132. The lowest BCUT2D eigenvalue weighted by Crippen LogP contribution is -2.35. The highest BCUT2D eigenvalue weighted by Gasteiger charge is 2.21. The Morgan fingerprint density at radius 3 is 2.37 bits per heavy atom. The fourth-order valence-corrected chi connectivity index (χ4v) is 4.90. The minimum Gasteiger partial charge on any atom is -0.399 e. The third kappa shape index (κ3) is 5.03. The van der Waals surface area contributed by atoms with Crippen LogP contribution in [0, 0.1) is 0 Å². The van der Waals surface area contributed by atoms with E-state index < -0.39 is 0 Å². The van der Waals surface area contributed by atoms with Gasteiger partial charge < -0.3 is 26.0 Å². The highest BCUT2D eigenvalue weighted by molar-refractivity contribution is 6.04. The van der Waals surface area contributed by atoms with Crippen LogP contribution in [0.1, 0.15) is 42.1 Å². The summed E-state index contributed by atoms with van der Waals surface area (Å²) in [4.78, 5) is 17.5. The van der Waals surface area contributed by atoms with E-state index in [1.807, 2.05) is 60.7 Å². The number of nitrogens with one attached hydrogen (secondary N) is 1. The molecule has 0 aliphatic carbocycles. The Morgan fingerprint density at radius 1 is 0.971 bits per heavy atom. The molecule has 0 aromatic heterocycles. The van der Waals surface area contributed by atoms with Gasteiger partial charge in [-0.25, -0.2) is 0 Å². The molecule has 0 saturated carbocycles. The number of hydrogen-bond acceptors (Lipinski definition) is 5. The smallest absolute Gasteiger partial charge is 0.255 e. The molecule has 3 aromatic carbocycles. The average Bonchev–Trinajstić information content (AvgIpc) is 3.03. The van der Waals surface area contributed by atoms with Crippen LogP contribution in [0.3, 0.4) is 0 Å². The van der Waals surface area contributed by atoms with Crippen molar-refractivity contribution < 1.29 is 9.90 Å². The number of amides is 1. The molecule has 0 spiro atoms. The molecule has 1 saturated heterocycles. The maximum absolute atomic E-state index is 13.0. The number of anilines is 5. The van der Waals surface area contributed by atoms with Crippen molar-refractivity contribution in [3.05, 3.63) is 83.9 Å². The second-order valence-electron chi connectivity index (χ2n) is 9.44. The van der Waals surface area contributed by atoms with Crippen LogP contribution in [0.25, 0.3) is 6.08 Å². The van der Waals surface area contributed by atoms with Gasteiger partial charge in [0.15, 0.2) is 0 Å². The maximum atomic E-state index is 13.0. The third-order valence-electron chi connectivity index (χ3n) is 6.89. The molecule has 1 fully saturated rings. The Balaban J connectivity index is 1.33. The number of carbonyl (C=O) groups excluding carboxylic acids is 1. The van der Waals surface area contributed by atoms with Crippen LogP contribution < -0.4 is 20.9 Å². The molecule has 3 aromatic rings. The summed E-state index contributed by atoms with van der Waals surface area (Å²) in [7, 11) is 0. The molecule has 1 atom stereocenters. The summed E-state index contributed by atoms with van der Waals surface area (Å²) in [5, 5.41) is 12.8. The van der Waals surface area contributed by atoms with Crippen molar-refractivity contribution in [3.8, 4) is 0 Å². The van der Waals surface area contributed by atoms with Crippen LogP contribution in [0.4, 0.5) is 28.4 Å². The van der Waals surface area contributed by atoms with Crippen molar-refractivity contribution >= 4 is 40.4 Å². The van der Waals surface area contributed by atoms with Gasteiger partial charge in [-0.2, -0.15) is 0 Å². The van der Waals surface area contributed by atoms with Crippen LogP contribution in [-0.4, -0.2) is 36.2 Å². The molecule has 1 amide bonds. The van der Waals surface area contributed by atoms with E-state index in [2.05, 4.69) is 40.3 Å². The van der Waals surface area contributed by atoms with E-state index in [1.54, 1.807) is 0 Å². The predicted octanol–water partition coefficient (Wildman–Crippen LogP) is 5.43. The van der Waals surface area contributed by atoms with E-state index in [1.165, 1.54) is 0 Å². The van der Waals surface area contributed by atoms with Gasteiger partial charge in [0, 0.05) is 53.1 Å². The van der Waals surface area contributed by atoms with Crippen molar-refractivity contribution in [3.63, 3.8) is 0 Å². The van der Waals surface area contributed by atoms with E-state index in [-0.39, 0.29) is 12.0 Å². The number of hydrogen-bond donors (Lipinski definition) is 3. The summed E-state index contributed by atoms with van der Waals surface area (Å²) >= 11 is 0. The highest BCUT2D eigenvalue weighted by atomic mass is 16.3. The van der Waals surface area contributed by atoms with E-state index in [0.717, 1.165) is 66.4 Å². The first-order valence-electron chi connectivity index (χ1n) is 12.3. The third-order valence-corrected chi connectivity index (χ3v) is 6.89. The summed E-state index contributed by atoms with van der Waals surface area (Å²) in [6.07, 6.45) is 6.60. The molecule has 2 heterocycles. The number of nitrogens with two attached hydrogens (primary N) is 1. The minimum atomic E-state index is -0.200. The van der Waals surface area contributed by atoms with Crippen molar-refractivity contribution in [1.29, 1.82) is 0 Å². The summed E-state index contributed by atoms with van der Waals surface area (Å²) in [6, 6.07) is 22.0. The van der Waals surface area contributed by atoms with Gasteiger partial charge in [0.1, 0.15) is 0 Å². The largest absolute Gasteiger partial charge is 0.399 e. The molecular weight excluding hydrogens is 436 g/mol. The normalized spacial score (nSPS) is 18.2. The topological polar surface area (TPSA) is 81.8 Å². The van der Waals surface area contributed by atoms with E-state index >= 15 is 0 Å². The molecule has 35 heavy (non-hydrogen) atoms. The molecule has 0 bridgehead atoms. The molecule has 4 N–H and O–H groups in total. The SMILES string of the molecule is CC1CC=Cc2cc(NC(=O)c3ccc(N4CCC(O)CC4)cc3)ccc2N1c1ccc(N)cc1. The zero-order valence-electron chi connectivity index (χ0n) is 20.0. The number of nitrogens with zero attached hydrogens (tertiary/aromatic N) is 2. The van der Waals surface area contributed by atoms with Gasteiger partial charge in [-0.05, 0) is 98.5 Å². The number of aliphatic hydroxyl groups excluding tert-OH is 1. The Kier molecular flexibility index (Phi) is 6.47. The number of benzene rings is 3. The zero-order chi connectivity index (χ0) is 24.4. The molecule has 5 rings (SSSR count). The number of aliphatic hydroxyl groups is 1. The van der Waals surface area contributed by atoms with Crippen molar-refractivity contribution in [2.45, 2.75) is 38.3 Å². The monoisotopic (exact) mass is 468 g/mol. The van der Waals surface area contributed by atoms with Crippen LogP contribution >= 0.6 is 0 Å². The standard InChI is InChI=1S/C29H32N4O2/c1-20-3-2-4-22-19-24(9-14-28(22)33(20)26-12-7-23(30)8-13-26)31-29(35)21-5-10-25(11-6-21)32-17-15-27(34)16-18-32/h2,4-14,19-20,27,34H,3,15-18,30H2,1H3,(H,31,35). The van der Waals surface area contributed by atoms with E-state index in [0.29, 0.717) is 11.6 Å². The van der Waals surface area contributed by atoms with Crippen LogP contribution in [0.2, 0.25) is 0 Å². The number of nitrogen functional groups attached to an aromatic ring is 1. The molecule has 1 unspecified atom stereocenters. The summed E-state index contributed by atoms with van der Waals surface area (Å²) in [5.74, 6) is -0.132. The fraction of sp³-hybridized carbons (Fsp3) is 0.276. The Morgan fingerprint density at radius 2 is 1.66 bits per heavy atom. The van der Waals surface area contributed by atoms with Gasteiger partial charge in [-0.3, -0.25) is 4.79 Å². The van der Waals surface area contributed by atoms with E-state index in [4.69, 9.17) is 5.73 Å².